The van der Waals surface area contributed by atoms with E-state index in [1.165, 1.54) is 0 Å². The number of rotatable bonds is 2. The van der Waals surface area contributed by atoms with E-state index in [9.17, 15) is 14.5 Å². The van der Waals surface area contributed by atoms with Crippen molar-refractivity contribution in [2.24, 2.45) is 5.18 Å². The number of methoxy groups -OCH3 is 1. The van der Waals surface area contributed by atoms with Gasteiger partial charge in [-0.2, -0.15) is 4.98 Å². The molecule has 0 unspecified atom stereocenters. The van der Waals surface area contributed by atoms with Gasteiger partial charge in [0, 0.05) is 11.2 Å². The third kappa shape index (κ3) is 1.84. The van der Waals surface area contributed by atoms with Gasteiger partial charge in [-0.15, -0.1) is 4.91 Å². The van der Waals surface area contributed by atoms with Gasteiger partial charge in [-0.1, -0.05) is 0 Å². The summed E-state index contributed by atoms with van der Waals surface area (Å²) in [5.74, 6) is -2.13. The summed E-state index contributed by atoms with van der Waals surface area (Å²) in [5, 5.41) is 2.22. The molecule has 2 aromatic rings. The molecule has 0 aromatic carbocycles. The Kier molecular flexibility index (Phi) is 2.83. The Morgan fingerprint density at radius 1 is 1.37 bits per heavy atom. The van der Waals surface area contributed by atoms with E-state index in [2.05, 4.69) is 19.9 Å². The van der Waals surface area contributed by atoms with Gasteiger partial charge in [-0.25, -0.2) is 9.78 Å². The Bertz CT molecular complexity index is 706. The van der Waals surface area contributed by atoms with Gasteiger partial charge < -0.3 is 16.2 Å². The predicted octanol–water partition coefficient (Wildman–Crippen LogP) is -0.413. The van der Waals surface area contributed by atoms with E-state index < -0.39 is 11.9 Å². The number of anilines is 2. The maximum Gasteiger partial charge on any atom is 0.355 e. The highest BCUT2D eigenvalue weighted by Crippen LogP contribution is 2.19. The number of fused-ring (bicyclic) bond motifs is 1. The smallest absolute Gasteiger partial charge is 0.355 e. The number of amides is 1. The molecule has 0 fully saturated rings. The van der Waals surface area contributed by atoms with Crippen molar-refractivity contribution in [2.75, 3.05) is 18.6 Å². The highest BCUT2D eigenvalue weighted by Gasteiger charge is 2.21. The van der Waals surface area contributed by atoms with Crippen LogP contribution in [0.25, 0.3) is 5.65 Å². The van der Waals surface area contributed by atoms with Crippen LogP contribution in [-0.2, 0) is 4.74 Å². The molecule has 2 heterocycles. The number of nitrogen functional groups attached to an aromatic ring is 2. The number of aromatic nitrogens is 3. The van der Waals surface area contributed by atoms with E-state index in [0.29, 0.717) is 0 Å². The molecular formula is C9H8N6O4. The lowest BCUT2D eigenvalue weighted by Gasteiger charge is -2.05. The third-order valence-corrected chi connectivity index (χ3v) is 2.34. The van der Waals surface area contributed by atoms with Crippen molar-refractivity contribution in [3.05, 3.63) is 22.4 Å². The Morgan fingerprint density at radius 3 is 2.63 bits per heavy atom. The number of hydrogen-bond donors (Lipinski definition) is 2. The van der Waals surface area contributed by atoms with Gasteiger partial charge in [0.05, 0.1) is 7.11 Å². The van der Waals surface area contributed by atoms with Crippen LogP contribution >= 0.6 is 0 Å². The van der Waals surface area contributed by atoms with Crippen LogP contribution in [0.3, 0.4) is 0 Å². The average Bonchev–Trinajstić information content (AvgIpc) is 2.71. The summed E-state index contributed by atoms with van der Waals surface area (Å²) in [6.45, 7) is 0. The SMILES string of the molecule is COC(=O)c1cc(C(=O)N=O)nc2c(N)nc(N)n12. The van der Waals surface area contributed by atoms with Crippen LogP contribution in [0.2, 0.25) is 0 Å². The third-order valence-electron chi connectivity index (χ3n) is 2.34. The molecule has 2 rings (SSSR count). The largest absolute Gasteiger partial charge is 0.464 e. The van der Waals surface area contributed by atoms with Crippen LogP contribution in [0.4, 0.5) is 11.8 Å². The molecule has 10 heteroatoms. The van der Waals surface area contributed by atoms with Gasteiger partial charge in [-0.3, -0.25) is 9.20 Å². The first-order valence-electron chi connectivity index (χ1n) is 4.90. The average molecular weight is 264 g/mol. The minimum atomic E-state index is -1.15. The Labute approximate surface area is 105 Å². The minimum Gasteiger partial charge on any atom is -0.464 e. The van der Waals surface area contributed by atoms with E-state index in [-0.39, 0.29) is 28.8 Å². The lowest BCUT2D eigenvalue weighted by atomic mass is 10.3. The van der Waals surface area contributed by atoms with Gasteiger partial charge in [0.1, 0.15) is 11.4 Å². The molecule has 0 aliphatic rings. The minimum absolute atomic E-state index is 0.0348. The molecule has 0 atom stereocenters. The van der Waals surface area contributed by atoms with Crippen molar-refractivity contribution in [3.63, 3.8) is 0 Å². The Balaban J connectivity index is 2.85. The normalized spacial score (nSPS) is 10.4. The standard InChI is InChI=1S/C9H8N6O4/c1-19-8(17)4-2-3(7(16)14-18)12-6-5(10)13-9(11)15(4)6/h2H,10H2,1H3,(H2,11,13). The van der Waals surface area contributed by atoms with Crippen molar-refractivity contribution in [1.82, 2.24) is 14.4 Å². The molecular weight excluding hydrogens is 256 g/mol. The fraction of sp³-hybridized carbons (Fsp3) is 0.111. The molecule has 19 heavy (non-hydrogen) atoms. The summed E-state index contributed by atoms with van der Waals surface area (Å²) < 4.78 is 5.66. The molecule has 0 aliphatic heterocycles. The highest BCUT2D eigenvalue weighted by atomic mass is 16.5. The highest BCUT2D eigenvalue weighted by molar-refractivity contribution is 5.97. The molecule has 98 valence electrons. The number of carbonyl (C=O) groups excluding carboxylic acids is 2. The second-order valence-electron chi connectivity index (χ2n) is 3.43. The van der Waals surface area contributed by atoms with E-state index in [4.69, 9.17) is 11.5 Å². The number of nitroso groups, excluding NO2 is 1. The lowest BCUT2D eigenvalue weighted by molar-refractivity contribution is 0.0592. The maximum absolute atomic E-state index is 11.6. The predicted molar refractivity (Wildman–Crippen MR) is 63.3 cm³/mol. The summed E-state index contributed by atoms with van der Waals surface area (Å²) >= 11 is 0. The van der Waals surface area contributed by atoms with Crippen LogP contribution in [0.5, 0.6) is 0 Å². The molecule has 0 saturated carbocycles. The van der Waals surface area contributed by atoms with Crippen molar-refractivity contribution >= 4 is 29.3 Å². The lowest BCUT2D eigenvalue weighted by Crippen LogP contribution is -2.13. The van der Waals surface area contributed by atoms with E-state index in [1.54, 1.807) is 0 Å². The molecule has 1 amide bonds. The molecule has 0 radical (unpaired) electrons. The summed E-state index contributed by atoms with van der Waals surface area (Å²) in [7, 11) is 1.14. The first-order valence-corrected chi connectivity index (χ1v) is 4.90. The fourth-order valence-corrected chi connectivity index (χ4v) is 1.54. The zero-order chi connectivity index (χ0) is 14.2. The number of esters is 1. The number of nitrogens with two attached hydrogens (primary N) is 2. The molecule has 0 spiro atoms. The summed E-state index contributed by atoms with van der Waals surface area (Å²) in [4.78, 5) is 40.6. The maximum atomic E-state index is 11.6. The zero-order valence-corrected chi connectivity index (χ0v) is 9.65. The van der Waals surface area contributed by atoms with E-state index in [0.717, 1.165) is 17.6 Å². The second-order valence-corrected chi connectivity index (χ2v) is 3.43. The van der Waals surface area contributed by atoms with Crippen LogP contribution in [-0.4, -0.2) is 33.4 Å². The van der Waals surface area contributed by atoms with Gasteiger partial charge in [0.2, 0.25) is 5.95 Å². The molecule has 4 N–H and O–H groups in total. The molecule has 0 saturated heterocycles. The first-order chi connectivity index (χ1) is 8.99. The second kappa shape index (κ2) is 4.33. The number of nitrogens with zero attached hydrogens (tertiary/aromatic N) is 4. The van der Waals surface area contributed by atoms with Crippen LogP contribution in [0.1, 0.15) is 21.0 Å². The monoisotopic (exact) mass is 264 g/mol. The molecule has 2 aromatic heterocycles. The van der Waals surface area contributed by atoms with Crippen molar-refractivity contribution in [3.8, 4) is 0 Å². The molecule has 10 nitrogen and oxygen atoms in total. The summed E-state index contributed by atoms with van der Waals surface area (Å²) in [6.07, 6.45) is 0. The van der Waals surface area contributed by atoms with Gasteiger partial charge in [-0.05, 0) is 0 Å². The number of imidazole rings is 1. The van der Waals surface area contributed by atoms with E-state index >= 15 is 0 Å². The van der Waals surface area contributed by atoms with Gasteiger partial charge in [0.15, 0.2) is 11.5 Å². The number of carbonyl (C=O) groups is 2. The number of ether oxygens (including phenoxy) is 1. The fourth-order valence-electron chi connectivity index (χ4n) is 1.54. The quantitative estimate of drug-likeness (QED) is 0.547. The number of hydrogen-bond acceptors (Lipinski definition) is 8. The Hall–Kier alpha value is -3.04. The van der Waals surface area contributed by atoms with Crippen LogP contribution < -0.4 is 11.5 Å². The Morgan fingerprint density at radius 2 is 2.05 bits per heavy atom. The summed E-state index contributed by atoms with van der Waals surface area (Å²) in [5.41, 5.74) is 10.6. The first kappa shape index (κ1) is 12.4. The van der Waals surface area contributed by atoms with Crippen molar-refractivity contribution in [2.45, 2.75) is 0 Å². The van der Waals surface area contributed by atoms with E-state index in [1.807, 2.05) is 0 Å². The molecule has 0 aliphatic carbocycles. The van der Waals surface area contributed by atoms with Crippen molar-refractivity contribution in [1.29, 1.82) is 0 Å². The van der Waals surface area contributed by atoms with Gasteiger partial charge >= 0.3 is 11.9 Å². The van der Waals surface area contributed by atoms with Gasteiger partial charge in [0.25, 0.3) is 0 Å². The van der Waals surface area contributed by atoms with Crippen LogP contribution in [0.15, 0.2) is 11.2 Å². The topological polar surface area (TPSA) is 155 Å². The zero-order valence-electron chi connectivity index (χ0n) is 9.65. The molecule has 0 bridgehead atoms. The summed E-state index contributed by atoms with van der Waals surface area (Å²) in [6, 6.07) is 1.03. The van der Waals surface area contributed by atoms with Crippen LogP contribution in [0, 0.1) is 4.91 Å². The van der Waals surface area contributed by atoms with Crippen molar-refractivity contribution < 1.29 is 14.3 Å².